The Morgan fingerprint density at radius 3 is 2.54 bits per heavy atom. The van der Waals surface area contributed by atoms with Crippen molar-refractivity contribution in [3.8, 4) is 11.5 Å². The van der Waals surface area contributed by atoms with Crippen molar-refractivity contribution in [2.24, 2.45) is 5.92 Å². The van der Waals surface area contributed by atoms with Crippen molar-refractivity contribution in [3.05, 3.63) is 58.3 Å². The number of rotatable bonds is 10. The van der Waals surface area contributed by atoms with Gasteiger partial charge < -0.3 is 19.7 Å². The van der Waals surface area contributed by atoms with Crippen LogP contribution in [-0.4, -0.2) is 63.0 Å². The second-order valence-electron chi connectivity index (χ2n) is 10.2. The smallest absolute Gasteiger partial charge is 0.269 e. The number of hydrogen-bond donors (Lipinski definition) is 1. The Labute approximate surface area is 259 Å². The standard InChI is InChI=1S/C27H32Cl3FN4O4S2/c1-16-10-23(34(2)3)22(14-27(16,29)30)33-21-13-20(31)25(12-19(21)28)41(36,37)35(26-32-8-9-40-26)15-17-6-7-18(38-4)11-24(17)39-5/h6-9,11-13,16,22-23,33H,10,14-15H2,1-5H3/t16-,22-,23-/m0/s1. The Kier molecular flexibility index (Phi) is 9.87. The van der Waals surface area contributed by atoms with Crippen LogP contribution in [0.2, 0.25) is 5.02 Å². The van der Waals surface area contributed by atoms with Crippen LogP contribution in [0.4, 0.5) is 15.2 Å². The average molecular weight is 666 g/mol. The molecule has 0 amide bonds. The Bertz CT molecular complexity index is 1480. The third-order valence-corrected chi connectivity index (χ3v) is 11.3. The van der Waals surface area contributed by atoms with Gasteiger partial charge in [-0.15, -0.1) is 34.5 Å². The molecule has 3 atom stereocenters. The summed E-state index contributed by atoms with van der Waals surface area (Å²) in [6, 6.07) is 7.01. The van der Waals surface area contributed by atoms with Gasteiger partial charge in [-0.2, -0.15) is 0 Å². The Hall–Kier alpha value is -2.02. The predicted molar refractivity (Wildman–Crippen MR) is 164 cm³/mol. The molecule has 3 aromatic rings. The molecular formula is C27H32Cl3FN4O4S2. The third-order valence-electron chi connectivity index (χ3n) is 7.31. The maximum Gasteiger partial charge on any atom is 0.269 e. The Balaban J connectivity index is 1.69. The van der Waals surface area contributed by atoms with Crippen LogP contribution in [0.25, 0.3) is 0 Å². The summed E-state index contributed by atoms with van der Waals surface area (Å²) < 4.78 is 54.4. The van der Waals surface area contributed by atoms with E-state index in [1.165, 1.54) is 20.4 Å². The van der Waals surface area contributed by atoms with E-state index in [9.17, 15) is 8.42 Å². The number of thiazole rings is 1. The van der Waals surface area contributed by atoms with Crippen LogP contribution in [0.1, 0.15) is 25.3 Å². The quantitative estimate of drug-likeness (QED) is 0.243. The first-order valence-corrected chi connectivity index (χ1v) is 16.2. The molecule has 224 valence electrons. The number of benzene rings is 2. The number of likely N-dealkylation sites (N-methyl/N-ethyl adjacent to an activating group) is 1. The van der Waals surface area contributed by atoms with Crippen molar-refractivity contribution in [1.29, 1.82) is 0 Å². The average Bonchev–Trinajstić information content (AvgIpc) is 3.45. The van der Waals surface area contributed by atoms with Gasteiger partial charge in [0.1, 0.15) is 26.5 Å². The van der Waals surface area contributed by atoms with Gasteiger partial charge in [0.25, 0.3) is 10.0 Å². The first-order valence-electron chi connectivity index (χ1n) is 12.7. The number of hydrogen-bond acceptors (Lipinski definition) is 8. The SMILES string of the molecule is COc1ccc(CN(c2nccs2)S(=O)(=O)c2cc(Cl)c(N[C@H]3CC(Cl)(Cl)[C@@H](C)C[C@@H]3N(C)C)cc2F)c(OC)c1. The van der Waals surface area contributed by atoms with Crippen LogP contribution in [-0.2, 0) is 16.6 Å². The van der Waals surface area contributed by atoms with E-state index in [0.717, 1.165) is 27.8 Å². The number of sulfonamides is 1. The zero-order valence-corrected chi connectivity index (χ0v) is 27.1. The molecule has 1 fully saturated rings. The van der Waals surface area contributed by atoms with E-state index >= 15 is 4.39 Å². The maximum absolute atomic E-state index is 15.7. The molecular weight excluding hydrogens is 634 g/mol. The molecule has 0 bridgehead atoms. The van der Waals surface area contributed by atoms with E-state index in [2.05, 4.69) is 15.2 Å². The van der Waals surface area contributed by atoms with Crippen molar-refractivity contribution in [2.75, 3.05) is 37.9 Å². The van der Waals surface area contributed by atoms with E-state index < -0.39 is 25.1 Å². The van der Waals surface area contributed by atoms with Gasteiger partial charge in [0.15, 0.2) is 5.13 Å². The van der Waals surface area contributed by atoms with Crippen molar-refractivity contribution >= 4 is 67.0 Å². The van der Waals surface area contributed by atoms with Crippen LogP contribution in [0.15, 0.2) is 46.8 Å². The van der Waals surface area contributed by atoms with Gasteiger partial charge in [-0.1, -0.05) is 18.5 Å². The van der Waals surface area contributed by atoms with Gasteiger partial charge in [0, 0.05) is 41.7 Å². The minimum Gasteiger partial charge on any atom is -0.497 e. The van der Waals surface area contributed by atoms with Crippen molar-refractivity contribution in [3.63, 3.8) is 0 Å². The number of nitrogens with one attached hydrogen (secondary N) is 1. The van der Waals surface area contributed by atoms with Crippen LogP contribution in [0.3, 0.4) is 0 Å². The second kappa shape index (κ2) is 12.7. The number of anilines is 2. The molecule has 0 radical (unpaired) electrons. The van der Waals surface area contributed by atoms with Crippen LogP contribution >= 0.6 is 46.1 Å². The largest absolute Gasteiger partial charge is 0.497 e. The van der Waals surface area contributed by atoms with Crippen LogP contribution < -0.4 is 19.1 Å². The molecule has 1 aliphatic rings. The summed E-state index contributed by atoms with van der Waals surface area (Å²) in [6.45, 7) is 1.83. The first-order chi connectivity index (χ1) is 19.3. The molecule has 0 unspecified atom stereocenters. The number of methoxy groups -OCH3 is 2. The molecule has 1 heterocycles. The molecule has 14 heteroatoms. The molecule has 0 aliphatic heterocycles. The Morgan fingerprint density at radius 2 is 1.93 bits per heavy atom. The zero-order chi connectivity index (χ0) is 30.1. The van der Waals surface area contributed by atoms with Gasteiger partial charge in [-0.3, -0.25) is 0 Å². The van der Waals surface area contributed by atoms with Gasteiger partial charge >= 0.3 is 0 Å². The number of halogens is 4. The highest BCUT2D eigenvalue weighted by molar-refractivity contribution is 7.93. The number of alkyl halides is 2. The Morgan fingerprint density at radius 1 is 1.20 bits per heavy atom. The molecule has 2 aromatic carbocycles. The molecule has 0 spiro atoms. The topological polar surface area (TPSA) is 84.0 Å². The van der Waals surface area contributed by atoms with Gasteiger partial charge in [-0.05, 0) is 50.7 Å². The molecule has 1 aliphatic carbocycles. The lowest BCUT2D eigenvalue weighted by atomic mass is 9.81. The van der Waals surface area contributed by atoms with E-state index in [-0.39, 0.29) is 40.4 Å². The van der Waals surface area contributed by atoms with E-state index in [1.807, 2.05) is 21.0 Å². The monoisotopic (exact) mass is 664 g/mol. The molecule has 1 aromatic heterocycles. The van der Waals surface area contributed by atoms with E-state index in [1.54, 1.807) is 23.6 Å². The molecule has 0 saturated heterocycles. The van der Waals surface area contributed by atoms with E-state index in [0.29, 0.717) is 29.9 Å². The summed E-state index contributed by atoms with van der Waals surface area (Å²) in [7, 11) is 2.43. The fourth-order valence-corrected chi connectivity index (χ4v) is 8.07. The van der Waals surface area contributed by atoms with Crippen LogP contribution in [0.5, 0.6) is 11.5 Å². The number of aromatic nitrogens is 1. The van der Waals surface area contributed by atoms with Gasteiger partial charge in [0.2, 0.25) is 0 Å². The number of nitrogens with zero attached hydrogens (tertiary/aromatic N) is 3. The summed E-state index contributed by atoms with van der Waals surface area (Å²) in [6.07, 6.45) is 2.57. The molecule has 41 heavy (non-hydrogen) atoms. The minimum absolute atomic E-state index is 0.0389. The predicted octanol–water partition coefficient (Wildman–Crippen LogP) is 6.66. The summed E-state index contributed by atoms with van der Waals surface area (Å²) in [5.41, 5.74) is 0.778. The highest BCUT2D eigenvalue weighted by atomic mass is 35.5. The van der Waals surface area contributed by atoms with Crippen molar-refractivity contribution < 1.29 is 22.3 Å². The lowest BCUT2D eigenvalue weighted by molar-refractivity contribution is 0.170. The zero-order valence-electron chi connectivity index (χ0n) is 23.2. The fourth-order valence-electron chi connectivity index (χ4n) is 4.93. The summed E-state index contributed by atoms with van der Waals surface area (Å²) in [5, 5.41) is 5.10. The lowest BCUT2D eigenvalue weighted by Gasteiger charge is -2.45. The fraction of sp³-hybridized carbons (Fsp3) is 0.444. The maximum atomic E-state index is 15.7. The van der Waals surface area contributed by atoms with Crippen molar-refractivity contribution in [2.45, 2.75) is 47.6 Å². The molecule has 4 rings (SSSR count). The molecule has 8 nitrogen and oxygen atoms in total. The molecule has 1 saturated carbocycles. The summed E-state index contributed by atoms with van der Waals surface area (Å²) in [4.78, 5) is 5.66. The third kappa shape index (κ3) is 6.81. The molecule has 1 N–H and O–H groups in total. The second-order valence-corrected chi connectivity index (χ2v) is 14.8. The van der Waals surface area contributed by atoms with Crippen LogP contribution in [0, 0.1) is 11.7 Å². The van der Waals surface area contributed by atoms with Gasteiger partial charge in [-0.25, -0.2) is 22.1 Å². The van der Waals surface area contributed by atoms with Crippen molar-refractivity contribution in [1.82, 2.24) is 9.88 Å². The summed E-state index contributed by atoms with van der Waals surface area (Å²) in [5.74, 6) is 0.0247. The van der Waals surface area contributed by atoms with Gasteiger partial charge in [0.05, 0.1) is 31.5 Å². The normalized spacial score (nSPS) is 20.6. The lowest BCUT2D eigenvalue weighted by Crippen LogP contribution is -2.53. The summed E-state index contributed by atoms with van der Waals surface area (Å²) >= 11 is 20.9. The highest BCUT2D eigenvalue weighted by Gasteiger charge is 2.44. The number of ether oxygens (including phenoxy) is 2. The van der Waals surface area contributed by atoms with E-state index in [4.69, 9.17) is 44.3 Å². The highest BCUT2D eigenvalue weighted by Crippen LogP contribution is 2.45. The first kappa shape index (κ1) is 31.9. The minimum atomic E-state index is -4.46.